The Morgan fingerprint density at radius 3 is 2.44 bits per heavy atom. The minimum absolute atomic E-state index is 0.225. The van der Waals surface area contributed by atoms with Crippen LogP contribution >= 0.6 is 11.6 Å². The van der Waals surface area contributed by atoms with Gasteiger partial charge in [0.25, 0.3) is 0 Å². The van der Waals surface area contributed by atoms with E-state index in [1.54, 1.807) is 13.8 Å². The van der Waals surface area contributed by atoms with Gasteiger partial charge in [-0.05, 0) is 13.8 Å². The Labute approximate surface area is 98.1 Å². The molecule has 1 heterocycles. The second kappa shape index (κ2) is 5.08. The van der Waals surface area contributed by atoms with Crippen molar-refractivity contribution in [2.45, 2.75) is 37.9 Å². The van der Waals surface area contributed by atoms with E-state index >= 15 is 0 Å². The maximum atomic E-state index is 13.8. The van der Waals surface area contributed by atoms with E-state index in [1.807, 2.05) is 0 Å². The summed E-state index contributed by atoms with van der Waals surface area (Å²) in [5, 5.41) is 0. The summed E-state index contributed by atoms with van der Waals surface area (Å²) in [6.45, 7) is 2.56. The molecule has 16 heavy (non-hydrogen) atoms. The highest BCUT2D eigenvalue weighted by molar-refractivity contribution is 6.20. The zero-order valence-electron chi connectivity index (χ0n) is 9.46. The third-order valence-corrected chi connectivity index (χ3v) is 2.85. The number of halogens is 4. The van der Waals surface area contributed by atoms with Gasteiger partial charge in [0.2, 0.25) is 0 Å². The van der Waals surface area contributed by atoms with Crippen LogP contribution in [0.5, 0.6) is 0 Å². The van der Waals surface area contributed by atoms with Gasteiger partial charge in [-0.1, -0.05) is 0 Å². The quantitative estimate of drug-likeness (QED) is 0.569. The lowest BCUT2D eigenvalue weighted by Gasteiger charge is -2.33. The second-order valence-corrected chi connectivity index (χ2v) is 4.49. The maximum Gasteiger partial charge on any atom is 0.373 e. The van der Waals surface area contributed by atoms with Crippen LogP contribution in [0.3, 0.4) is 0 Å². The molecule has 3 nitrogen and oxygen atoms in total. The molecule has 7 heteroatoms. The Hall–Kier alpha value is -0.0400. The van der Waals surface area contributed by atoms with Crippen molar-refractivity contribution in [3.8, 4) is 0 Å². The number of alkyl halides is 4. The third-order valence-electron chi connectivity index (χ3n) is 2.50. The third kappa shape index (κ3) is 2.45. The normalized spacial score (nSPS) is 28.9. The van der Waals surface area contributed by atoms with Gasteiger partial charge in [0.05, 0.1) is 6.61 Å². The van der Waals surface area contributed by atoms with E-state index in [9.17, 15) is 13.2 Å². The van der Waals surface area contributed by atoms with Crippen molar-refractivity contribution in [2.24, 2.45) is 0 Å². The van der Waals surface area contributed by atoms with Crippen LogP contribution in [0.15, 0.2) is 0 Å². The SMILES string of the molecule is COCC(F)N1CC(Cl)N(C(C)C)C1(F)F. The Morgan fingerprint density at radius 1 is 1.50 bits per heavy atom. The van der Waals surface area contributed by atoms with Crippen LogP contribution in [0.2, 0.25) is 0 Å². The first-order valence-electron chi connectivity index (χ1n) is 5.02. The van der Waals surface area contributed by atoms with Crippen LogP contribution in [0.1, 0.15) is 13.8 Å². The summed E-state index contributed by atoms with van der Waals surface area (Å²) in [5.41, 5.74) is -0.898. The first-order chi connectivity index (χ1) is 7.32. The average molecular weight is 261 g/mol. The van der Waals surface area contributed by atoms with Crippen LogP contribution < -0.4 is 0 Å². The summed E-state index contributed by atoms with van der Waals surface area (Å²) in [6, 6.07) is -0.461. The number of rotatable bonds is 4. The molecule has 1 fully saturated rings. The van der Waals surface area contributed by atoms with E-state index < -0.39 is 30.6 Å². The van der Waals surface area contributed by atoms with Gasteiger partial charge >= 0.3 is 6.17 Å². The number of nitrogens with zero attached hydrogens (tertiary/aromatic N) is 2. The molecular weight excluding hydrogens is 245 g/mol. The number of methoxy groups -OCH3 is 1. The zero-order chi connectivity index (χ0) is 12.5. The van der Waals surface area contributed by atoms with Crippen molar-refractivity contribution in [3.05, 3.63) is 0 Å². The molecule has 2 unspecified atom stereocenters. The van der Waals surface area contributed by atoms with Crippen molar-refractivity contribution in [2.75, 3.05) is 20.3 Å². The minimum atomic E-state index is -3.38. The molecule has 0 aromatic carbocycles. The lowest BCUT2D eigenvalue weighted by Crippen LogP contribution is -2.52. The molecule has 96 valence electrons. The number of ether oxygens (including phenoxy) is 1. The number of hydrogen-bond donors (Lipinski definition) is 0. The molecule has 1 aliphatic heterocycles. The Balaban J connectivity index is 2.83. The van der Waals surface area contributed by atoms with Crippen LogP contribution in [0, 0.1) is 0 Å². The Bertz CT molecular complexity index is 243. The minimum Gasteiger partial charge on any atom is -0.380 e. The lowest BCUT2D eigenvalue weighted by molar-refractivity contribution is -0.249. The van der Waals surface area contributed by atoms with E-state index in [0.717, 1.165) is 4.90 Å². The van der Waals surface area contributed by atoms with Gasteiger partial charge in [-0.15, -0.1) is 11.6 Å². The topological polar surface area (TPSA) is 15.7 Å². The molecule has 0 spiro atoms. The first-order valence-corrected chi connectivity index (χ1v) is 5.46. The fraction of sp³-hybridized carbons (Fsp3) is 1.00. The molecule has 1 saturated heterocycles. The van der Waals surface area contributed by atoms with Crippen molar-refractivity contribution < 1.29 is 17.9 Å². The average Bonchev–Trinajstić information content (AvgIpc) is 2.36. The van der Waals surface area contributed by atoms with Gasteiger partial charge in [-0.3, -0.25) is 0 Å². The summed E-state index contributed by atoms with van der Waals surface area (Å²) in [6.07, 6.45) is -5.23. The summed E-state index contributed by atoms with van der Waals surface area (Å²) in [7, 11) is 1.26. The zero-order valence-corrected chi connectivity index (χ0v) is 10.2. The highest BCUT2D eigenvalue weighted by atomic mass is 35.5. The van der Waals surface area contributed by atoms with Gasteiger partial charge < -0.3 is 4.74 Å². The standard InChI is InChI=1S/C9H16ClF3N2O/c1-6(2)15-7(10)4-14(9(15,12)13)8(11)5-16-3/h6-8H,4-5H2,1-3H3. The molecule has 1 aliphatic rings. The summed E-state index contributed by atoms with van der Waals surface area (Å²) < 4.78 is 45.6. The van der Waals surface area contributed by atoms with Crippen LogP contribution in [-0.2, 0) is 4.74 Å². The first kappa shape index (κ1) is 14.0. The van der Waals surface area contributed by atoms with Crippen molar-refractivity contribution in [1.29, 1.82) is 0 Å². The smallest absolute Gasteiger partial charge is 0.373 e. The Morgan fingerprint density at radius 2 is 2.06 bits per heavy atom. The molecule has 0 aromatic rings. The van der Waals surface area contributed by atoms with Gasteiger partial charge in [-0.25, -0.2) is 9.29 Å². The van der Waals surface area contributed by atoms with Gasteiger partial charge in [0.1, 0.15) is 5.50 Å². The van der Waals surface area contributed by atoms with Gasteiger partial charge in [0.15, 0.2) is 6.30 Å². The van der Waals surface area contributed by atoms with Crippen LogP contribution in [0.4, 0.5) is 13.2 Å². The lowest BCUT2D eigenvalue weighted by atomic mass is 10.3. The van der Waals surface area contributed by atoms with Gasteiger partial charge in [0, 0.05) is 19.7 Å². The van der Waals surface area contributed by atoms with E-state index in [1.165, 1.54) is 7.11 Å². The van der Waals surface area contributed by atoms with Crippen molar-refractivity contribution in [1.82, 2.24) is 9.80 Å². The molecule has 0 saturated carbocycles. The molecular formula is C9H16ClF3N2O. The molecule has 0 aromatic heterocycles. The van der Waals surface area contributed by atoms with Crippen molar-refractivity contribution >= 4 is 11.6 Å². The van der Waals surface area contributed by atoms with E-state index in [0.29, 0.717) is 4.90 Å². The number of hydrogen-bond acceptors (Lipinski definition) is 3. The van der Waals surface area contributed by atoms with E-state index in [2.05, 4.69) is 4.74 Å². The molecule has 0 aliphatic carbocycles. The molecule has 0 amide bonds. The van der Waals surface area contributed by atoms with E-state index in [4.69, 9.17) is 11.6 Å². The monoisotopic (exact) mass is 260 g/mol. The van der Waals surface area contributed by atoms with Crippen LogP contribution in [-0.4, -0.2) is 54.1 Å². The predicted molar refractivity (Wildman–Crippen MR) is 55.0 cm³/mol. The van der Waals surface area contributed by atoms with E-state index in [-0.39, 0.29) is 6.54 Å². The molecule has 0 radical (unpaired) electrons. The fourth-order valence-electron chi connectivity index (χ4n) is 1.82. The predicted octanol–water partition coefficient (Wildman–Crippen LogP) is 2.07. The second-order valence-electron chi connectivity index (χ2n) is 3.99. The highest BCUT2D eigenvalue weighted by Gasteiger charge is 2.57. The molecule has 0 N–H and O–H groups in total. The van der Waals surface area contributed by atoms with Crippen LogP contribution in [0.25, 0.3) is 0 Å². The molecule has 1 rings (SSSR count). The summed E-state index contributed by atoms with van der Waals surface area (Å²) >= 11 is 5.79. The van der Waals surface area contributed by atoms with Crippen molar-refractivity contribution in [3.63, 3.8) is 0 Å². The van der Waals surface area contributed by atoms with Gasteiger partial charge in [-0.2, -0.15) is 13.7 Å². The maximum absolute atomic E-state index is 13.8. The molecule has 0 bridgehead atoms. The fourth-order valence-corrected chi connectivity index (χ4v) is 2.31. The Kier molecular flexibility index (Phi) is 4.45. The summed E-state index contributed by atoms with van der Waals surface area (Å²) in [4.78, 5) is 1.21. The summed E-state index contributed by atoms with van der Waals surface area (Å²) in [5.74, 6) is 0. The highest BCUT2D eigenvalue weighted by Crippen LogP contribution is 2.38. The molecule has 2 atom stereocenters. The largest absolute Gasteiger partial charge is 0.380 e.